The molecule has 1 heterocycles. The number of aromatic nitrogens is 2. The van der Waals surface area contributed by atoms with Crippen LogP contribution in [-0.4, -0.2) is 37.6 Å². The largest absolute Gasteiger partial charge is 0.496 e. The van der Waals surface area contributed by atoms with E-state index in [0.29, 0.717) is 31.0 Å². The van der Waals surface area contributed by atoms with Crippen LogP contribution in [0.15, 0.2) is 35.1 Å². The van der Waals surface area contributed by atoms with Gasteiger partial charge in [0.05, 0.1) is 19.4 Å². The van der Waals surface area contributed by atoms with E-state index in [2.05, 4.69) is 15.5 Å². The number of H-pyrrole nitrogens is 1. The fourth-order valence-electron chi connectivity index (χ4n) is 1.97. The highest BCUT2D eigenvalue weighted by Gasteiger charge is 2.09. The molecule has 112 valence electrons. The molecule has 0 radical (unpaired) electrons. The molecule has 2 rings (SSSR count). The van der Waals surface area contributed by atoms with Crippen molar-refractivity contribution in [3.05, 3.63) is 46.2 Å². The SMILES string of the molecule is COCCNCc1cc(-c2ccccc2OC)n[nH]c1=O. The summed E-state index contributed by atoms with van der Waals surface area (Å²) in [7, 11) is 3.25. The molecule has 0 bridgehead atoms. The van der Waals surface area contributed by atoms with Crippen molar-refractivity contribution in [2.45, 2.75) is 6.54 Å². The Morgan fingerprint density at radius 2 is 2.10 bits per heavy atom. The molecule has 0 saturated carbocycles. The predicted molar refractivity (Wildman–Crippen MR) is 80.4 cm³/mol. The summed E-state index contributed by atoms with van der Waals surface area (Å²) in [4.78, 5) is 11.8. The van der Waals surface area contributed by atoms with Crippen molar-refractivity contribution in [3.63, 3.8) is 0 Å². The van der Waals surface area contributed by atoms with Crippen LogP contribution in [0.2, 0.25) is 0 Å². The van der Waals surface area contributed by atoms with Crippen LogP contribution in [0.3, 0.4) is 0 Å². The summed E-state index contributed by atoms with van der Waals surface area (Å²) in [6.07, 6.45) is 0. The number of ether oxygens (including phenoxy) is 2. The average molecular weight is 289 g/mol. The topological polar surface area (TPSA) is 76.2 Å². The second kappa shape index (κ2) is 7.56. The first-order chi connectivity index (χ1) is 10.3. The quantitative estimate of drug-likeness (QED) is 0.749. The first-order valence-electron chi connectivity index (χ1n) is 6.68. The third kappa shape index (κ3) is 3.90. The molecule has 0 atom stereocenters. The third-order valence-electron chi connectivity index (χ3n) is 3.06. The molecule has 2 aromatic rings. The minimum atomic E-state index is -0.196. The summed E-state index contributed by atoms with van der Waals surface area (Å²) in [5.41, 5.74) is 1.95. The highest BCUT2D eigenvalue weighted by atomic mass is 16.5. The summed E-state index contributed by atoms with van der Waals surface area (Å²) in [5, 5.41) is 9.77. The molecular formula is C15H19N3O3. The molecule has 0 aliphatic rings. The van der Waals surface area contributed by atoms with Gasteiger partial charge in [-0.2, -0.15) is 5.10 Å². The van der Waals surface area contributed by atoms with Crippen LogP contribution in [-0.2, 0) is 11.3 Å². The van der Waals surface area contributed by atoms with Crippen molar-refractivity contribution in [2.75, 3.05) is 27.4 Å². The molecule has 1 aromatic carbocycles. The number of para-hydroxylation sites is 1. The Morgan fingerprint density at radius 1 is 1.29 bits per heavy atom. The smallest absolute Gasteiger partial charge is 0.268 e. The highest BCUT2D eigenvalue weighted by Crippen LogP contribution is 2.27. The molecule has 21 heavy (non-hydrogen) atoms. The van der Waals surface area contributed by atoms with Gasteiger partial charge in [-0.3, -0.25) is 4.79 Å². The Balaban J connectivity index is 2.23. The first-order valence-corrected chi connectivity index (χ1v) is 6.68. The van der Waals surface area contributed by atoms with Crippen LogP contribution in [0.25, 0.3) is 11.3 Å². The van der Waals surface area contributed by atoms with Crippen molar-refractivity contribution in [1.82, 2.24) is 15.5 Å². The maximum Gasteiger partial charge on any atom is 0.268 e. The van der Waals surface area contributed by atoms with Gasteiger partial charge in [0.15, 0.2) is 0 Å². The monoisotopic (exact) mass is 289 g/mol. The Bertz CT molecular complexity index is 640. The van der Waals surface area contributed by atoms with Gasteiger partial charge in [0.1, 0.15) is 5.75 Å². The first kappa shape index (κ1) is 15.2. The number of nitrogens with zero attached hydrogens (tertiary/aromatic N) is 1. The van der Waals surface area contributed by atoms with E-state index >= 15 is 0 Å². The molecule has 2 N–H and O–H groups in total. The minimum absolute atomic E-state index is 0.196. The molecule has 0 aliphatic heterocycles. The number of hydrogen-bond acceptors (Lipinski definition) is 5. The lowest BCUT2D eigenvalue weighted by atomic mass is 10.1. The van der Waals surface area contributed by atoms with Crippen LogP contribution in [0, 0.1) is 0 Å². The number of methoxy groups -OCH3 is 2. The summed E-state index contributed by atoms with van der Waals surface area (Å²) in [6.45, 7) is 1.74. The molecule has 0 amide bonds. The zero-order valence-corrected chi connectivity index (χ0v) is 12.2. The van der Waals surface area contributed by atoms with Crippen molar-refractivity contribution < 1.29 is 9.47 Å². The van der Waals surface area contributed by atoms with Crippen LogP contribution in [0.1, 0.15) is 5.56 Å². The van der Waals surface area contributed by atoms with Crippen LogP contribution < -0.4 is 15.6 Å². The standard InChI is InChI=1S/C15H19N3O3/c1-20-8-7-16-10-11-9-13(17-18-15(11)19)12-5-3-4-6-14(12)21-2/h3-6,9,16H,7-8,10H2,1-2H3,(H,18,19). The van der Waals surface area contributed by atoms with Gasteiger partial charge in [0, 0.05) is 31.3 Å². The van der Waals surface area contributed by atoms with Crippen LogP contribution >= 0.6 is 0 Å². The molecule has 0 spiro atoms. The molecule has 0 fully saturated rings. The average Bonchev–Trinajstić information content (AvgIpc) is 2.53. The molecular weight excluding hydrogens is 270 g/mol. The van der Waals surface area contributed by atoms with Gasteiger partial charge in [-0.1, -0.05) is 12.1 Å². The summed E-state index contributed by atoms with van der Waals surface area (Å²) >= 11 is 0. The fraction of sp³-hybridized carbons (Fsp3) is 0.333. The summed E-state index contributed by atoms with van der Waals surface area (Å²) in [6, 6.07) is 9.33. The number of rotatable bonds is 7. The second-order valence-electron chi connectivity index (χ2n) is 4.48. The van der Waals surface area contributed by atoms with E-state index in [1.54, 1.807) is 20.3 Å². The minimum Gasteiger partial charge on any atom is -0.496 e. The lowest BCUT2D eigenvalue weighted by Crippen LogP contribution is -2.24. The maximum atomic E-state index is 11.8. The Labute approximate surface area is 123 Å². The van der Waals surface area contributed by atoms with Gasteiger partial charge in [0.25, 0.3) is 5.56 Å². The van der Waals surface area contributed by atoms with Crippen molar-refractivity contribution in [2.24, 2.45) is 0 Å². The normalized spacial score (nSPS) is 10.6. The second-order valence-corrected chi connectivity index (χ2v) is 4.48. The van der Waals surface area contributed by atoms with E-state index < -0.39 is 0 Å². The van der Waals surface area contributed by atoms with E-state index in [4.69, 9.17) is 9.47 Å². The van der Waals surface area contributed by atoms with Gasteiger partial charge in [0.2, 0.25) is 0 Å². The zero-order chi connectivity index (χ0) is 15.1. The number of benzene rings is 1. The van der Waals surface area contributed by atoms with Crippen molar-refractivity contribution >= 4 is 0 Å². The fourth-order valence-corrected chi connectivity index (χ4v) is 1.97. The summed E-state index contributed by atoms with van der Waals surface area (Å²) < 4.78 is 10.3. The third-order valence-corrected chi connectivity index (χ3v) is 3.06. The Hall–Kier alpha value is -2.18. The van der Waals surface area contributed by atoms with E-state index in [-0.39, 0.29) is 5.56 Å². The van der Waals surface area contributed by atoms with Gasteiger partial charge >= 0.3 is 0 Å². The van der Waals surface area contributed by atoms with Gasteiger partial charge in [-0.15, -0.1) is 0 Å². The summed E-state index contributed by atoms with van der Waals surface area (Å²) in [5.74, 6) is 0.718. The van der Waals surface area contributed by atoms with Gasteiger partial charge < -0.3 is 14.8 Å². The van der Waals surface area contributed by atoms with E-state index in [9.17, 15) is 4.79 Å². The van der Waals surface area contributed by atoms with Crippen molar-refractivity contribution in [3.8, 4) is 17.0 Å². The molecule has 0 unspecified atom stereocenters. The molecule has 6 heteroatoms. The highest BCUT2D eigenvalue weighted by molar-refractivity contribution is 5.66. The predicted octanol–water partition coefficient (Wildman–Crippen LogP) is 1.18. The molecule has 1 aromatic heterocycles. The number of hydrogen-bond donors (Lipinski definition) is 2. The van der Waals surface area contributed by atoms with E-state index in [1.165, 1.54) is 0 Å². The molecule has 6 nitrogen and oxygen atoms in total. The Kier molecular flexibility index (Phi) is 5.48. The number of aromatic amines is 1. The Morgan fingerprint density at radius 3 is 2.86 bits per heavy atom. The van der Waals surface area contributed by atoms with E-state index in [1.807, 2.05) is 24.3 Å². The molecule has 0 saturated heterocycles. The van der Waals surface area contributed by atoms with Gasteiger partial charge in [-0.25, -0.2) is 5.10 Å². The lowest BCUT2D eigenvalue weighted by Gasteiger charge is -2.09. The van der Waals surface area contributed by atoms with Crippen LogP contribution in [0.5, 0.6) is 5.75 Å². The lowest BCUT2D eigenvalue weighted by molar-refractivity contribution is 0.199. The zero-order valence-electron chi connectivity index (χ0n) is 12.2. The maximum absolute atomic E-state index is 11.8. The molecule has 0 aliphatic carbocycles. The van der Waals surface area contributed by atoms with Crippen LogP contribution in [0.4, 0.5) is 0 Å². The number of nitrogens with one attached hydrogen (secondary N) is 2. The van der Waals surface area contributed by atoms with Gasteiger partial charge in [-0.05, 0) is 18.2 Å². The van der Waals surface area contributed by atoms with E-state index in [0.717, 1.165) is 11.3 Å². The van der Waals surface area contributed by atoms with Crippen molar-refractivity contribution in [1.29, 1.82) is 0 Å².